The van der Waals surface area contributed by atoms with Crippen LogP contribution >= 0.6 is 0 Å². The van der Waals surface area contributed by atoms with Gasteiger partial charge in [0.05, 0.1) is 17.9 Å². The van der Waals surface area contributed by atoms with E-state index in [0.29, 0.717) is 11.1 Å². The SMILES string of the molecule is CN(C)C(=O)[C@H](OC(=O)CCN=C1NS(=O)(=O)c2ccccc21)c1ccccc1. The van der Waals surface area contributed by atoms with Gasteiger partial charge < -0.3 is 9.64 Å². The van der Waals surface area contributed by atoms with Crippen LogP contribution in [0.1, 0.15) is 23.7 Å². The molecule has 0 aliphatic carbocycles. The summed E-state index contributed by atoms with van der Waals surface area (Å²) >= 11 is 0. The summed E-state index contributed by atoms with van der Waals surface area (Å²) in [5.41, 5.74) is 1.04. The van der Waals surface area contributed by atoms with E-state index in [9.17, 15) is 18.0 Å². The van der Waals surface area contributed by atoms with Crippen molar-refractivity contribution in [3.05, 3.63) is 65.7 Å². The zero-order chi connectivity index (χ0) is 21.0. The lowest BCUT2D eigenvalue weighted by molar-refractivity contribution is -0.159. The second-order valence-corrected chi connectivity index (χ2v) is 8.25. The predicted octanol–water partition coefficient (Wildman–Crippen LogP) is 1.49. The first kappa shape index (κ1) is 20.5. The Hall–Kier alpha value is -3.20. The predicted molar refractivity (Wildman–Crippen MR) is 107 cm³/mol. The van der Waals surface area contributed by atoms with E-state index in [1.54, 1.807) is 62.6 Å². The fourth-order valence-electron chi connectivity index (χ4n) is 2.82. The molecular weight excluding hydrogens is 394 g/mol. The minimum absolute atomic E-state index is 0.0166. The molecule has 0 spiro atoms. The van der Waals surface area contributed by atoms with Gasteiger partial charge in [0, 0.05) is 25.2 Å². The third kappa shape index (κ3) is 4.62. The molecule has 0 saturated carbocycles. The highest BCUT2D eigenvalue weighted by atomic mass is 32.2. The molecule has 0 unspecified atom stereocenters. The number of rotatable bonds is 6. The largest absolute Gasteiger partial charge is 0.447 e. The van der Waals surface area contributed by atoms with Crippen molar-refractivity contribution in [2.45, 2.75) is 17.4 Å². The number of ether oxygens (including phenoxy) is 1. The second kappa shape index (κ2) is 8.44. The number of carbonyl (C=O) groups excluding carboxylic acids is 2. The van der Waals surface area contributed by atoms with Crippen LogP contribution in [0.4, 0.5) is 0 Å². The quantitative estimate of drug-likeness (QED) is 0.720. The lowest BCUT2D eigenvalue weighted by atomic mass is 10.1. The fourth-order valence-corrected chi connectivity index (χ4v) is 4.07. The van der Waals surface area contributed by atoms with Gasteiger partial charge in [-0.3, -0.25) is 19.3 Å². The summed E-state index contributed by atoms with van der Waals surface area (Å²) in [6.45, 7) is 0.0166. The second-order valence-electron chi connectivity index (χ2n) is 6.60. The van der Waals surface area contributed by atoms with E-state index in [2.05, 4.69) is 9.71 Å². The van der Waals surface area contributed by atoms with E-state index in [1.807, 2.05) is 0 Å². The summed E-state index contributed by atoms with van der Waals surface area (Å²) < 4.78 is 31.9. The minimum atomic E-state index is -3.63. The van der Waals surface area contributed by atoms with Crippen LogP contribution in [0.5, 0.6) is 0 Å². The Labute approximate surface area is 169 Å². The number of likely N-dealkylation sites (N-methyl/N-ethyl adjacent to an activating group) is 1. The number of carbonyl (C=O) groups is 2. The Morgan fingerprint density at radius 2 is 1.72 bits per heavy atom. The number of amidine groups is 1. The van der Waals surface area contributed by atoms with Gasteiger partial charge in [0.15, 0.2) is 0 Å². The highest BCUT2D eigenvalue weighted by molar-refractivity contribution is 7.90. The standard InChI is InChI=1S/C20H21N3O5S/c1-23(2)20(25)18(14-8-4-3-5-9-14)28-17(24)12-13-21-19-15-10-6-7-11-16(15)29(26,27)22-19/h3-11,18H,12-13H2,1-2H3,(H,21,22)/t18-/m1/s1. The van der Waals surface area contributed by atoms with Crippen molar-refractivity contribution in [2.24, 2.45) is 4.99 Å². The van der Waals surface area contributed by atoms with Gasteiger partial charge in [0.25, 0.3) is 15.9 Å². The third-order valence-electron chi connectivity index (χ3n) is 4.27. The van der Waals surface area contributed by atoms with E-state index in [1.165, 1.54) is 11.0 Å². The fraction of sp³-hybridized carbons (Fsp3) is 0.250. The molecule has 9 heteroatoms. The number of amides is 1. The molecule has 1 aliphatic rings. The molecule has 1 amide bonds. The van der Waals surface area contributed by atoms with Crippen LogP contribution in [0.2, 0.25) is 0 Å². The highest BCUT2D eigenvalue weighted by Gasteiger charge is 2.30. The number of sulfonamides is 1. The molecule has 152 valence electrons. The van der Waals surface area contributed by atoms with Crippen LogP contribution in [0, 0.1) is 0 Å². The Morgan fingerprint density at radius 3 is 2.41 bits per heavy atom. The van der Waals surface area contributed by atoms with Crippen molar-refractivity contribution >= 4 is 27.7 Å². The smallest absolute Gasteiger partial charge is 0.308 e. The zero-order valence-electron chi connectivity index (χ0n) is 16.0. The maximum Gasteiger partial charge on any atom is 0.308 e. The van der Waals surface area contributed by atoms with Crippen LogP contribution in [-0.4, -0.2) is 51.7 Å². The third-order valence-corrected chi connectivity index (χ3v) is 5.66. The van der Waals surface area contributed by atoms with Crippen LogP contribution in [0.3, 0.4) is 0 Å². The van der Waals surface area contributed by atoms with Gasteiger partial charge in [-0.15, -0.1) is 0 Å². The maximum atomic E-state index is 12.4. The van der Waals surface area contributed by atoms with Crippen LogP contribution < -0.4 is 4.72 Å². The molecular formula is C20H21N3O5S. The monoisotopic (exact) mass is 415 g/mol. The Bertz CT molecular complexity index is 1050. The Balaban J connectivity index is 1.68. The summed E-state index contributed by atoms with van der Waals surface area (Å²) in [7, 11) is -0.458. The molecule has 0 bridgehead atoms. The van der Waals surface area contributed by atoms with Crippen molar-refractivity contribution < 1.29 is 22.7 Å². The molecule has 2 aromatic carbocycles. The molecule has 0 fully saturated rings. The van der Waals surface area contributed by atoms with Crippen LogP contribution in [-0.2, 0) is 24.3 Å². The van der Waals surface area contributed by atoms with Crippen molar-refractivity contribution in [3.63, 3.8) is 0 Å². The zero-order valence-corrected chi connectivity index (χ0v) is 16.8. The number of esters is 1. The summed E-state index contributed by atoms with van der Waals surface area (Å²) in [4.78, 5) is 30.4. The molecule has 3 rings (SSSR count). The summed E-state index contributed by atoms with van der Waals surface area (Å²) in [6.07, 6.45) is -1.14. The molecule has 1 atom stereocenters. The van der Waals surface area contributed by atoms with Gasteiger partial charge >= 0.3 is 5.97 Å². The van der Waals surface area contributed by atoms with E-state index in [0.717, 1.165) is 0 Å². The molecule has 0 aromatic heterocycles. The number of aliphatic imine (C=N–C) groups is 1. The minimum Gasteiger partial charge on any atom is -0.447 e. The average molecular weight is 415 g/mol. The van der Waals surface area contributed by atoms with Gasteiger partial charge in [-0.25, -0.2) is 8.42 Å². The molecule has 1 heterocycles. The summed E-state index contributed by atoms with van der Waals surface area (Å²) in [6, 6.07) is 15.2. The molecule has 8 nitrogen and oxygen atoms in total. The first-order valence-corrected chi connectivity index (χ1v) is 10.4. The van der Waals surface area contributed by atoms with Crippen molar-refractivity contribution in [3.8, 4) is 0 Å². The molecule has 0 saturated heterocycles. The number of benzene rings is 2. The van der Waals surface area contributed by atoms with Gasteiger partial charge in [0.1, 0.15) is 5.84 Å². The lowest BCUT2D eigenvalue weighted by Crippen LogP contribution is -2.31. The number of hydrogen-bond donors (Lipinski definition) is 1. The van der Waals surface area contributed by atoms with Crippen molar-refractivity contribution in [2.75, 3.05) is 20.6 Å². The number of nitrogens with one attached hydrogen (secondary N) is 1. The summed E-state index contributed by atoms with van der Waals surface area (Å²) in [5.74, 6) is -0.765. The first-order chi connectivity index (χ1) is 13.8. The first-order valence-electron chi connectivity index (χ1n) is 8.92. The normalized spacial score (nSPS) is 16.6. The van der Waals surface area contributed by atoms with Crippen molar-refractivity contribution in [1.29, 1.82) is 0 Å². The van der Waals surface area contributed by atoms with Crippen LogP contribution in [0.25, 0.3) is 0 Å². The highest BCUT2D eigenvalue weighted by Crippen LogP contribution is 2.23. The van der Waals surface area contributed by atoms with E-state index in [-0.39, 0.29) is 29.6 Å². The number of fused-ring (bicyclic) bond motifs is 1. The molecule has 29 heavy (non-hydrogen) atoms. The van der Waals surface area contributed by atoms with E-state index < -0.39 is 22.1 Å². The Kier molecular flexibility index (Phi) is 5.97. The lowest BCUT2D eigenvalue weighted by Gasteiger charge is -2.21. The maximum absolute atomic E-state index is 12.4. The van der Waals surface area contributed by atoms with Gasteiger partial charge in [0.2, 0.25) is 6.10 Å². The average Bonchev–Trinajstić information content (AvgIpc) is 2.97. The topological polar surface area (TPSA) is 105 Å². The Morgan fingerprint density at radius 1 is 1.07 bits per heavy atom. The van der Waals surface area contributed by atoms with Gasteiger partial charge in [-0.1, -0.05) is 42.5 Å². The van der Waals surface area contributed by atoms with Gasteiger partial charge in [-0.05, 0) is 12.1 Å². The van der Waals surface area contributed by atoms with Crippen molar-refractivity contribution in [1.82, 2.24) is 9.62 Å². The molecule has 1 N–H and O–H groups in total. The number of hydrogen-bond acceptors (Lipinski definition) is 6. The van der Waals surface area contributed by atoms with E-state index in [4.69, 9.17) is 4.74 Å². The molecule has 2 aromatic rings. The summed E-state index contributed by atoms with van der Waals surface area (Å²) in [5, 5.41) is 0. The molecule has 1 aliphatic heterocycles. The molecule has 0 radical (unpaired) electrons. The van der Waals surface area contributed by atoms with Gasteiger partial charge in [-0.2, -0.15) is 0 Å². The van der Waals surface area contributed by atoms with Crippen LogP contribution in [0.15, 0.2) is 64.5 Å². The van der Waals surface area contributed by atoms with E-state index >= 15 is 0 Å². The number of nitrogens with zero attached hydrogens (tertiary/aromatic N) is 2.